The zero-order valence-corrected chi connectivity index (χ0v) is 12.1. The van der Waals surface area contributed by atoms with Gasteiger partial charge in [0.1, 0.15) is 5.82 Å². The highest BCUT2D eigenvalue weighted by Gasteiger charge is 2.08. The zero-order chi connectivity index (χ0) is 12.8. The molecule has 1 unspecified atom stereocenters. The standard InChI is InChI=1S/C11H20BrN5/c1-7(2)4-5-8(3)15-10-9(12)6-14-11(16-10)17-13/h6-8H,4-5,13H2,1-3H3,(H2,14,15,16,17). The molecule has 0 aliphatic rings. The fraction of sp³-hybridized carbons (Fsp3) is 0.636. The summed E-state index contributed by atoms with van der Waals surface area (Å²) in [5.74, 6) is 7.17. The Morgan fingerprint density at radius 2 is 2.06 bits per heavy atom. The molecule has 0 saturated carbocycles. The second-order valence-electron chi connectivity index (χ2n) is 4.55. The van der Waals surface area contributed by atoms with Crippen molar-refractivity contribution >= 4 is 27.7 Å². The third kappa shape index (κ3) is 4.87. The third-order valence-corrected chi connectivity index (χ3v) is 3.01. The molecule has 17 heavy (non-hydrogen) atoms. The number of nitrogens with zero attached hydrogens (tertiary/aromatic N) is 2. The lowest BCUT2D eigenvalue weighted by molar-refractivity contribution is 0.527. The van der Waals surface area contributed by atoms with Gasteiger partial charge in [-0.15, -0.1) is 0 Å². The molecule has 0 spiro atoms. The van der Waals surface area contributed by atoms with Gasteiger partial charge < -0.3 is 5.32 Å². The lowest BCUT2D eigenvalue weighted by Gasteiger charge is -2.16. The third-order valence-electron chi connectivity index (χ3n) is 2.43. The molecule has 1 aromatic rings. The summed E-state index contributed by atoms with van der Waals surface area (Å²) in [5, 5.41) is 3.35. The summed E-state index contributed by atoms with van der Waals surface area (Å²) in [7, 11) is 0. The Bertz CT molecular complexity index is 356. The van der Waals surface area contributed by atoms with Gasteiger partial charge in [0, 0.05) is 12.2 Å². The van der Waals surface area contributed by atoms with E-state index >= 15 is 0 Å². The van der Waals surface area contributed by atoms with Crippen LogP contribution in [0.3, 0.4) is 0 Å². The molecule has 1 atom stereocenters. The van der Waals surface area contributed by atoms with Crippen LogP contribution in [0.2, 0.25) is 0 Å². The number of nitrogen functional groups attached to an aromatic ring is 1. The molecule has 4 N–H and O–H groups in total. The van der Waals surface area contributed by atoms with E-state index < -0.39 is 0 Å². The molecule has 1 aromatic heterocycles. The molecule has 5 nitrogen and oxygen atoms in total. The average molecular weight is 302 g/mol. The summed E-state index contributed by atoms with van der Waals surface area (Å²) in [6.45, 7) is 6.60. The van der Waals surface area contributed by atoms with E-state index in [1.807, 2.05) is 0 Å². The van der Waals surface area contributed by atoms with Gasteiger partial charge in [0.25, 0.3) is 0 Å². The number of hydrogen-bond acceptors (Lipinski definition) is 5. The average Bonchev–Trinajstić information content (AvgIpc) is 2.29. The minimum atomic E-state index is 0.370. The predicted octanol–water partition coefficient (Wildman–Crippen LogP) is 2.76. The van der Waals surface area contributed by atoms with Crippen molar-refractivity contribution in [2.45, 2.75) is 39.7 Å². The van der Waals surface area contributed by atoms with Crippen molar-refractivity contribution in [1.29, 1.82) is 0 Å². The molecule has 0 saturated heterocycles. The highest BCUT2D eigenvalue weighted by molar-refractivity contribution is 9.10. The van der Waals surface area contributed by atoms with Gasteiger partial charge in [-0.3, -0.25) is 5.43 Å². The number of nitrogens with one attached hydrogen (secondary N) is 2. The Balaban J connectivity index is 2.60. The monoisotopic (exact) mass is 301 g/mol. The molecule has 0 bridgehead atoms. The lowest BCUT2D eigenvalue weighted by Crippen LogP contribution is -2.18. The first-order valence-electron chi connectivity index (χ1n) is 5.78. The maximum absolute atomic E-state index is 5.28. The van der Waals surface area contributed by atoms with Crippen LogP contribution in [0.25, 0.3) is 0 Å². The van der Waals surface area contributed by atoms with Gasteiger partial charge in [-0.1, -0.05) is 13.8 Å². The van der Waals surface area contributed by atoms with Crippen molar-refractivity contribution < 1.29 is 0 Å². The van der Waals surface area contributed by atoms with E-state index in [4.69, 9.17) is 5.84 Å². The van der Waals surface area contributed by atoms with Crippen molar-refractivity contribution in [3.63, 3.8) is 0 Å². The van der Waals surface area contributed by atoms with Crippen molar-refractivity contribution in [1.82, 2.24) is 9.97 Å². The van der Waals surface area contributed by atoms with E-state index in [1.54, 1.807) is 6.20 Å². The summed E-state index contributed by atoms with van der Waals surface area (Å²) < 4.78 is 0.841. The van der Waals surface area contributed by atoms with E-state index in [9.17, 15) is 0 Å². The van der Waals surface area contributed by atoms with Gasteiger partial charge in [-0.25, -0.2) is 10.8 Å². The molecule has 1 heterocycles. The highest BCUT2D eigenvalue weighted by atomic mass is 79.9. The number of nitrogens with two attached hydrogens (primary N) is 1. The number of halogens is 1. The van der Waals surface area contributed by atoms with Gasteiger partial charge in [0.15, 0.2) is 0 Å². The molecule has 0 aliphatic carbocycles. The lowest BCUT2D eigenvalue weighted by atomic mass is 10.0. The second kappa shape index (κ2) is 6.76. The van der Waals surface area contributed by atoms with Crippen LogP contribution < -0.4 is 16.6 Å². The van der Waals surface area contributed by atoms with E-state index in [0.717, 1.165) is 16.7 Å². The number of rotatable bonds is 6. The van der Waals surface area contributed by atoms with Crippen LogP contribution in [-0.2, 0) is 0 Å². The fourth-order valence-corrected chi connectivity index (χ4v) is 1.73. The highest BCUT2D eigenvalue weighted by Crippen LogP contribution is 2.21. The number of aromatic nitrogens is 2. The number of hydrazine groups is 1. The molecule has 96 valence electrons. The first-order chi connectivity index (χ1) is 8.02. The van der Waals surface area contributed by atoms with Gasteiger partial charge in [-0.05, 0) is 41.6 Å². The molecule has 6 heteroatoms. The fourth-order valence-electron chi connectivity index (χ4n) is 1.43. The normalized spacial score (nSPS) is 12.6. The van der Waals surface area contributed by atoms with Crippen LogP contribution in [0.4, 0.5) is 11.8 Å². The number of anilines is 2. The van der Waals surface area contributed by atoms with E-state index in [0.29, 0.717) is 17.9 Å². The Morgan fingerprint density at radius 1 is 1.35 bits per heavy atom. The summed E-state index contributed by atoms with van der Waals surface area (Å²) >= 11 is 3.41. The molecule has 0 fully saturated rings. The van der Waals surface area contributed by atoms with Crippen LogP contribution in [0.15, 0.2) is 10.7 Å². The molecule has 0 radical (unpaired) electrons. The molecular weight excluding hydrogens is 282 g/mol. The smallest absolute Gasteiger partial charge is 0.239 e. The molecule has 0 amide bonds. The zero-order valence-electron chi connectivity index (χ0n) is 10.5. The maximum atomic E-state index is 5.28. The van der Waals surface area contributed by atoms with Crippen molar-refractivity contribution in [3.05, 3.63) is 10.7 Å². The Labute approximate surface area is 111 Å². The first-order valence-corrected chi connectivity index (χ1v) is 6.58. The van der Waals surface area contributed by atoms with Crippen LogP contribution in [0.5, 0.6) is 0 Å². The van der Waals surface area contributed by atoms with Crippen LogP contribution in [0, 0.1) is 5.92 Å². The predicted molar refractivity (Wildman–Crippen MR) is 74.7 cm³/mol. The van der Waals surface area contributed by atoms with E-state index in [2.05, 4.69) is 57.4 Å². The Kier molecular flexibility index (Phi) is 5.64. The van der Waals surface area contributed by atoms with E-state index in [1.165, 1.54) is 6.42 Å². The molecule has 0 aromatic carbocycles. The summed E-state index contributed by atoms with van der Waals surface area (Å²) in [5.41, 5.74) is 2.43. The van der Waals surface area contributed by atoms with Crippen LogP contribution in [-0.4, -0.2) is 16.0 Å². The second-order valence-corrected chi connectivity index (χ2v) is 5.41. The van der Waals surface area contributed by atoms with Gasteiger partial charge in [-0.2, -0.15) is 4.98 Å². The minimum absolute atomic E-state index is 0.370. The topological polar surface area (TPSA) is 75.9 Å². The molecule has 0 aliphatic heterocycles. The van der Waals surface area contributed by atoms with E-state index in [-0.39, 0.29) is 0 Å². The van der Waals surface area contributed by atoms with Gasteiger partial charge in [0.2, 0.25) is 5.95 Å². The van der Waals surface area contributed by atoms with Crippen molar-refractivity contribution in [2.24, 2.45) is 11.8 Å². The minimum Gasteiger partial charge on any atom is -0.367 e. The van der Waals surface area contributed by atoms with Crippen LogP contribution in [0.1, 0.15) is 33.6 Å². The summed E-state index contributed by atoms with van der Waals surface area (Å²) in [6.07, 6.45) is 3.98. The van der Waals surface area contributed by atoms with Gasteiger partial charge in [0.05, 0.1) is 4.47 Å². The maximum Gasteiger partial charge on any atom is 0.239 e. The van der Waals surface area contributed by atoms with Crippen molar-refractivity contribution in [3.8, 4) is 0 Å². The molecular formula is C11H20BrN5. The quantitative estimate of drug-likeness (QED) is 0.556. The number of hydrogen-bond donors (Lipinski definition) is 3. The summed E-state index contributed by atoms with van der Waals surface area (Å²) in [4.78, 5) is 8.26. The van der Waals surface area contributed by atoms with Gasteiger partial charge >= 0.3 is 0 Å². The SMILES string of the molecule is CC(C)CCC(C)Nc1nc(NN)ncc1Br. The first kappa shape index (κ1) is 14.2. The molecule has 1 rings (SSSR count). The van der Waals surface area contributed by atoms with Crippen molar-refractivity contribution in [2.75, 3.05) is 10.7 Å². The summed E-state index contributed by atoms with van der Waals surface area (Å²) in [6, 6.07) is 0.370. The van der Waals surface area contributed by atoms with Crippen LogP contribution >= 0.6 is 15.9 Å². The Morgan fingerprint density at radius 3 is 2.65 bits per heavy atom. The Hall–Kier alpha value is -0.880. The largest absolute Gasteiger partial charge is 0.367 e.